The van der Waals surface area contributed by atoms with E-state index in [4.69, 9.17) is 37.9 Å². The standard InChI is InChI=1S/C19H27Cl2NO3/c1-3-15-13-17(24-12-9-18(20)21)14-16(4-2)19(15)25-11-8-6-5-7-10-22-23/h9-10,13-14,23H,3-8,11-12H2,1-2H3. The molecule has 0 fully saturated rings. The Balaban J connectivity index is 2.66. The molecule has 4 nitrogen and oxygen atoms in total. The molecule has 0 saturated carbocycles. The number of benzene rings is 1. The number of halogens is 2. The Hall–Kier alpha value is -1.39. The fourth-order valence-corrected chi connectivity index (χ4v) is 2.59. The number of hydrogen-bond donors (Lipinski definition) is 1. The quantitative estimate of drug-likeness (QED) is 0.210. The Morgan fingerprint density at radius 3 is 2.32 bits per heavy atom. The van der Waals surface area contributed by atoms with Gasteiger partial charge in [0, 0.05) is 6.21 Å². The third kappa shape index (κ3) is 8.50. The summed E-state index contributed by atoms with van der Waals surface area (Å²) in [6.07, 6.45) is 8.70. The lowest BCUT2D eigenvalue weighted by atomic mass is 10.0. The highest BCUT2D eigenvalue weighted by Crippen LogP contribution is 2.31. The molecule has 1 rings (SSSR count). The normalized spacial score (nSPS) is 10.9. The molecular formula is C19H27Cl2NO3. The van der Waals surface area contributed by atoms with E-state index < -0.39 is 0 Å². The fourth-order valence-electron chi connectivity index (χ4n) is 2.46. The average Bonchev–Trinajstić information content (AvgIpc) is 2.60. The van der Waals surface area contributed by atoms with Crippen LogP contribution in [0.3, 0.4) is 0 Å². The molecule has 1 aromatic rings. The molecule has 1 aromatic carbocycles. The van der Waals surface area contributed by atoms with Crippen LogP contribution < -0.4 is 9.47 Å². The van der Waals surface area contributed by atoms with Crippen molar-refractivity contribution >= 4 is 29.4 Å². The minimum atomic E-state index is 0.205. The van der Waals surface area contributed by atoms with Crippen molar-refractivity contribution in [1.29, 1.82) is 0 Å². The number of nitrogens with zero attached hydrogens (tertiary/aromatic N) is 1. The maximum atomic E-state index is 8.35. The average molecular weight is 388 g/mol. The van der Waals surface area contributed by atoms with Gasteiger partial charge in [-0.25, -0.2) is 0 Å². The first-order valence-corrected chi connectivity index (χ1v) is 9.46. The van der Waals surface area contributed by atoms with E-state index in [1.807, 2.05) is 12.1 Å². The van der Waals surface area contributed by atoms with E-state index in [2.05, 4.69) is 19.0 Å². The van der Waals surface area contributed by atoms with Crippen LogP contribution in [0.15, 0.2) is 27.9 Å². The van der Waals surface area contributed by atoms with Crippen molar-refractivity contribution in [2.75, 3.05) is 13.2 Å². The molecular weight excluding hydrogens is 361 g/mol. The van der Waals surface area contributed by atoms with Crippen molar-refractivity contribution < 1.29 is 14.7 Å². The van der Waals surface area contributed by atoms with Gasteiger partial charge in [0.1, 0.15) is 22.6 Å². The SMILES string of the molecule is CCc1cc(OCC=C(Cl)Cl)cc(CC)c1OCCCCCC=NO. The summed E-state index contributed by atoms with van der Waals surface area (Å²) in [7, 11) is 0. The Morgan fingerprint density at radius 1 is 1.08 bits per heavy atom. The zero-order chi connectivity index (χ0) is 18.5. The molecule has 0 radical (unpaired) electrons. The van der Waals surface area contributed by atoms with Crippen LogP contribution in [0, 0.1) is 0 Å². The summed E-state index contributed by atoms with van der Waals surface area (Å²) in [4.78, 5) is 0. The predicted molar refractivity (Wildman–Crippen MR) is 105 cm³/mol. The zero-order valence-electron chi connectivity index (χ0n) is 14.9. The smallest absolute Gasteiger partial charge is 0.125 e. The highest BCUT2D eigenvalue weighted by molar-refractivity contribution is 6.55. The summed E-state index contributed by atoms with van der Waals surface area (Å²) in [6.45, 7) is 5.23. The summed E-state index contributed by atoms with van der Waals surface area (Å²) in [6, 6.07) is 4.03. The summed E-state index contributed by atoms with van der Waals surface area (Å²) in [5, 5.41) is 11.4. The zero-order valence-corrected chi connectivity index (χ0v) is 16.4. The van der Waals surface area contributed by atoms with E-state index >= 15 is 0 Å². The third-order valence-corrected chi connectivity index (χ3v) is 4.08. The molecule has 25 heavy (non-hydrogen) atoms. The van der Waals surface area contributed by atoms with Gasteiger partial charge in [-0.05, 0) is 67.9 Å². The molecule has 1 N–H and O–H groups in total. The maximum absolute atomic E-state index is 8.35. The molecule has 0 bridgehead atoms. The maximum Gasteiger partial charge on any atom is 0.125 e. The monoisotopic (exact) mass is 387 g/mol. The van der Waals surface area contributed by atoms with Crippen LogP contribution in [-0.4, -0.2) is 24.6 Å². The molecule has 0 atom stereocenters. The van der Waals surface area contributed by atoms with Crippen LogP contribution in [0.25, 0.3) is 0 Å². The van der Waals surface area contributed by atoms with Gasteiger partial charge in [-0.3, -0.25) is 0 Å². The van der Waals surface area contributed by atoms with Crippen LogP contribution in [-0.2, 0) is 12.8 Å². The van der Waals surface area contributed by atoms with Gasteiger partial charge in [-0.15, -0.1) is 5.16 Å². The number of hydrogen-bond acceptors (Lipinski definition) is 4. The second-order valence-electron chi connectivity index (χ2n) is 5.58. The third-order valence-electron chi connectivity index (χ3n) is 3.77. The van der Waals surface area contributed by atoms with Gasteiger partial charge < -0.3 is 14.7 Å². The van der Waals surface area contributed by atoms with Gasteiger partial charge in [-0.2, -0.15) is 0 Å². The largest absolute Gasteiger partial charge is 0.493 e. The van der Waals surface area contributed by atoms with Gasteiger partial charge in [0.05, 0.1) is 6.61 Å². The van der Waals surface area contributed by atoms with Gasteiger partial charge in [0.2, 0.25) is 0 Å². The van der Waals surface area contributed by atoms with E-state index in [0.717, 1.165) is 61.2 Å². The Labute approximate surface area is 160 Å². The lowest BCUT2D eigenvalue weighted by Gasteiger charge is -2.17. The second kappa shape index (κ2) is 12.9. The molecule has 0 saturated heterocycles. The van der Waals surface area contributed by atoms with Gasteiger partial charge in [0.15, 0.2) is 0 Å². The molecule has 0 spiro atoms. The highest BCUT2D eigenvalue weighted by Gasteiger charge is 2.11. The van der Waals surface area contributed by atoms with E-state index in [-0.39, 0.29) is 4.49 Å². The van der Waals surface area contributed by atoms with Crippen LogP contribution >= 0.6 is 23.2 Å². The molecule has 0 amide bonds. The van der Waals surface area contributed by atoms with Crippen molar-refractivity contribution in [3.63, 3.8) is 0 Å². The van der Waals surface area contributed by atoms with Gasteiger partial charge >= 0.3 is 0 Å². The summed E-state index contributed by atoms with van der Waals surface area (Å²) in [5.74, 6) is 1.77. The summed E-state index contributed by atoms with van der Waals surface area (Å²) < 4.78 is 12.0. The molecule has 140 valence electrons. The number of unbranched alkanes of at least 4 members (excludes halogenated alkanes) is 3. The topological polar surface area (TPSA) is 51.0 Å². The van der Waals surface area contributed by atoms with Crippen LogP contribution in [0.4, 0.5) is 0 Å². The summed E-state index contributed by atoms with van der Waals surface area (Å²) in [5.41, 5.74) is 2.28. The highest BCUT2D eigenvalue weighted by atomic mass is 35.5. The molecule has 0 aliphatic heterocycles. The Kier molecular flexibility index (Phi) is 11.2. The Morgan fingerprint density at radius 2 is 1.76 bits per heavy atom. The molecule has 0 aromatic heterocycles. The predicted octanol–water partition coefficient (Wildman–Crippen LogP) is 5.91. The minimum Gasteiger partial charge on any atom is -0.493 e. The first kappa shape index (κ1) is 21.7. The minimum absolute atomic E-state index is 0.205. The lowest BCUT2D eigenvalue weighted by Crippen LogP contribution is -2.05. The van der Waals surface area contributed by atoms with Gasteiger partial charge in [-0.1, -0.05) is 37.0 Å². The first-order chi connectivity index (χ1) is 12.1. The van der Waals surface area contributed by atoms with Crippen molar-refractivity contribution in [2.24, 2.45) is 5.16 Å². The van der Waals surface area contributed by atoms with E-state index in [0.29, 0.717) is 13.2 Å². The number of oxime groups is 1. The van der Waals surface area contributed by atoms with Crippen LogP contribution in [0.1, 0.15) is 50.7 Å². The molecule has 0 aliphatic carbocycles. The van der Waals surface area contributed by atoms with Crippen LogP contribution in [0.2, 0.25) is 0 Å². The molecule has 0 aliphatic rings. The Bertz CT molecular complexity index is 545. The number of aryl methyl sites for hydroxylation is 2. The number of ether oxygens (including phenoxy) is 2. The fraction of sp³-hybridized carbons (Fsp3) is 0.526. The molecule has 0 heterocycles. The van der Waals surface area contributed by atoms with E-state index in [9.17, 15) is 0 Å². The van der Waals surface area contributed by atoms with E-state index in [1.165, 1.54) is 6.21 Å². The summed E-state index contributed by atoms with van der Waals surface area (Å²) >= 11 is 11.2. The van der Waals surface area contributed by atoms with Crippen molar-refractivity contribution in [2.45, 2.75) is 52.4 Å². The second-order valence-corrected chi connectivity index (χ2v) is 6.59. The van der Waals surface area contributed by atoms with E-state index in [1.54, 1.807) is 6.08 Å². The molecule has 6 heteroatoms. The molecule has 0 unspecified atom stereocenters. The van der Waals surface area contributed by atoms with Crippen molar-refractivity contribution in [3.8, 4) is 11.5 Å². The lowest BCUT2D eigenvalue weighted by molar-refractivity contribution is 0.298. The van der Waals surface area contributed by atoms with Crippen molar-refractivity contribution in [1.82, 2.24) is 0 Å². The number of rotatable bonds is 12. The van der Waals surface area contributed by atoms with Crippen LogP contribution in [0.5, 0.6) is 11.5 Å². The van der Waals surface area contributed by atoms with Gasteiger partial charge in [0.25, 0.3) is 0 Å². The van der Waals surface area contributed by atoms with Crippen molar-refractivity contribution in [3.05, 3.63) is 33.8 Å². The first-order valence-electron chi connectivity index (χ1n) is 8.70.